The molecular formula is C9H19NO2. The molecule has 0 bridgehead atoms. The van der Waals surface area contributed by atoms with Crippen LogP contribution in [0.25, 0.3) is 0 Å². The SMILES string of the molecule is CCCCNCC(C)(C)C(=O)O. The molecular weight excluding hydrogens is 154 g/mol. The van der Waals surface area contributed by atoms with Crippen LogP contribution in [-0.2, 0) is 4.79 Å². The third-order valence-electron chi connectivity index (χ3n) is 1.85. The van der Waals surface area contributed by atoms with Gasteiger partial charge in [-0.05, 0) is 26.8 Å². The zero-order valence-electron chi connectivity index (χ0n) is 8.18. The lowest BCUT2D eigenvalue weighted by atomic mass is 9.94. The maximum atomic E-state index is 10.6. The molecule has 0 aromatic rings. The zero-order chi connectivity index (χ0) is 9.61. The molecule has 0 aromatic carbocycles. The molecule has 12 heavy (non-hydrogen) atoms. The number of aliphatic carboxylic acids is 1. The minimum atomic E-state index is -0.744. The summed E-state index contributed by atoms with van der Waals surface area (Å²) in [5.74, 6) is -0.744. The summed E-state index contributed by atoms with van der Waals surface area (Å²) in [4.78, 5) is 10.6. The van der Waals surface area contributed by atoms with Crippen LogP contribution in [0.5, 0.6) is 0 Å². The highest BCUT2D eigenvalue weighted by Crippen LogP contribution is 2.12. The van der Waals surface area contributed by atoms with Gasteiger partial charge >= 0.3 is 5.97 Å². The van der Waals surface area contributed by atoms with Crippen molar-refractivity contribution in [2.45, 2.75) is 33.6 Å². The van der Waals surface area contributed by atoms with Crippen molar-refractivity contribution >= 4 is 5.97 Å². The van der Waals surface area contributed by atoms with Crippen LogP contribution in [0.1, 0.15) is 33.6 Å². The van der Waals surface area contributed by atoms with E-state index in [4.69, 9.17) is 5.11 Å². The van der Waals surface area contributed by atoms with Gasteiger partial charge in [-0.2, -0.15) is 0 Å². The molecule has 72 valence electrons. The van der Waals surface area contributed by atoms with Gasteiger partial charge < -0.3 is 10.4 Å². The third-order valence-corrected chi connectivity index (χ3v) is 1.85. The van der Waals surface area contributed by atoms with Crippen LogP contribution in [0, 0.1) is 5.41 Å². The van der Waals surface area contributed by atoms with E-state index >= 15 is 0 Å². The molecule has 0 radical (unpaired) electrons. The largest absolute Gasteiger partial charge is 0.481 e. The maximum absolute atomic E-state index is 10.6. The third kappa shape index (κ3) is 4.34. The van der Waals surface area contributed by atoms with Gasteiger partial charge in [-0.15, -0.1) is 0 Å². The Hall–Kier alpha value is -0.570. The molecule has 3 nitrogen and oxygen atoms in total. The number of rotatable bonds is 6. The van der Waals surface area contributed by atoms with Gasteiger partial charge in [0.2, 0.25) is 0 Å². The van der Waals surface area contributed by atoms with Crippen LogP contribution in [-0.4, -0.2) is 24.2 Å². The fourth-order valence-electron chi connectivity index (χ4n) is 0.778. The monoisotopic (exact) mass is 173 g/mol. The first kappa shape index (κ1) is 11.4. The Labute approximate surface area is 74.2 Å². The van der Waals surface area contributed by atoms with Gasteiger partial charge in [0.05, 0.1) is 5.41 Å². The number of hydrogen-bond donors (Lipinski definition) is 2. The van der Waals surface area contributed by atoms with Gasteiger partial charge in [0.1, 0.15) is 0 Å². The highest BCUT2D eigenvalue weighted by Gasteiger charge is 2.25. The summed E-state index contributed by atoms with van der Waals surface area (Å²) in [6.07, 6.45) is 2.25. The molecule has 0 rings (SSSR count). The number of hydrogen-bond acceptors (Lipinski definition) is 2. The highest BCUT2D eigenvalue weighted by atomic mass is 16.4. The van der Waals surface area contributed by atoms with Crippen LogP contribution < -0.4 is 5.32 Å². The van der Waals surface area contributed by atoms with Gasteiger partial charge in [-0.3, -0.25) is 4.79 Å². The molecule has 2 N–H and O–H groups in total. The standard InChI is InChI=1S/C9H19NO2/c1-4-5-6-10-7-9(2,3)8(11)12/h10H,4-7H2,1-3H3,(H,11,12). The van der Waals surface area contributed by atoms with Crippen molar-refractivity contribution in [1.29, 1.82) is 0 Å². The smallest absolute Gasteiger partial charge is 0.310 e. The van der Waals surface area contributed by atoms with Crippen LogP contribution >= 0.6 is 0 Å². The van der Waals surface area contributed by atoms with Crippen LogP contribution in [0.15, 0.2) is 0 Å². The molecule has 0 aromatic heterocycles. The number of carboxylic acids is 1. The molecule has 0 aliphatic rings. The van der Waals surface area contributed by atoms with Gasteiger partial charge in [0.25, 0.3) is 0 Å². The normalized spacial score (nSPS) is 11.6. The Kier molecular flexibility index (Phi) is 4.90. The Morgan fingerprint density at radius 3 is 2.50 bits per heavy atom. The Morgan fingerprint density at radius 2 is 2.08 bits per heavy atom. The first-order valence-corrected chi connectivity index (χ1v) is 4.45. The maximum Gasteiger partial charge on any atom is 0.310 e. The number of carbonyl (C=O) groups is 1. The Morgan fingerprint density at radius 1 is 1.50 bits per heavy atom. The van der Waals surface area contributed by atoms with Gasteiger partial charge in [0.15, 0.2) is 0 Å². The van der Waals surface area contributed by atoms with Crippen molar-refractivity contribution in [3.63, 3.8) is 0 Å². The first-order valence-electron chi connectivity index (χ1n) is 4.45. The summed E-state index contributed by atoms with van der Waals surface area (Å²) < 4.78 is 0. The van der Waals surface area contributed by atoms with E-state index in [0.717, 1.165) is 19.4 Å². The summed E-state index contributed by atoms with van der Waals surface area (Å²) in [6.45, 7) is 7.03. The second kappa shape index (κ2) is 5.14. The van der Waals surface area contributed by atoms with Crippen LogP contribution in [0.2, 0.25) is 0 Å². The fraction of sp³-hybridized carbons (Fsp3) is 0.889. The van der Waals surface area contributed by atoms with E-state index < -0.39 is 11.4 Å². The molecule has 3 heteroatoms. The van der Waals surface area contributed by atoms with Crippen LogP contribution in [0.4, 0.5) is 0 Å². The molecule has 0 saturated carbocycles. The zero-order valence-corrected chi connectivity index (χ0v) is 8.18. The molecule has 0 fully saturated rings. The van der Waals surface area contributed by atoms with E-state index in [0.29, 0.717) is 6.54 Å². The lowest BCUT2D eigenvalue weighted by Crippen LogP contribution is -2.36. The van der Waals surface area contributed by atoms with E-state index in [1.54, 1.807) is 13.8 Å². The minimum Gasteiger partial charge on any atom is -0.481 e. The molecule has 0 unspecified atom stereocenters. The number of unbranched alkanes of at least 4 members (excludes halogenated alkanes) is 1. The van der Waals surface area contributed by atoms with Crippen molar-refractivity contribution < 1.29 is 9.90 Å². The van der Waals surface area contributed by atoms with E-state index in [1.165, 1.54) is 0 Å². The second-order valence-corrected chi connectivity index (χ2v) is 3.72. The van der Waals surface area contributed by atoms with E-state index in [1.807, 2.05) is 0 Å². The predicted octanol–water partition coefficient (Wildman–Crippen LogP) is 1.49. The van der Waals surface area contributed by atoms with E-state index in [2.05, 4.69) is 12.2 Å². The molecule has 0 atom stereocenters. The summed E-state index contributed by atoms with van der Waals surface area (Å²) in [6, 6.07) is 0. The predicted molar refractivity (Wildman–Crippen MR) is 49.2 cm³/mol. The summed E-state index contributed by atoms with van der Waals surface area (Å²) in [5, 5.41) is 11.9. The Bertz CT molecular complexity index is 143. The summed E-state index contributed by atoms with van der Waals surface area (Å²) in [7, 11) is 0. The van der Waals surface area contributed by atoms with Crippen molar-refractivity contribution in [2.75, 3.05) is 13.1 Å². The van der Waals surface area contributed by atoms with E-state index in [-0.39, 0.29) is 0 Å². The first-order chi connectivity index (χ1) is 5.50. The quantitative estimate of drug-likeness (QED) is 0.598. The average molecular weight is 173 g/mol. The van der Waals surface area contributed by atoms with Crippen LogP contribution in [0.3, 0.4) is 0 Å². The minimum absolute atomic E-state index is 0.544. The molecule has 0 amide bonds. The highest BCUT2D eigenvalue weighted by molar-refractivity contribution is 5.73. The molecule has 0 saturated heterocycles. The lowest BCUT2D eigenvalue weighted by Gasteiger charge is -2.19. The molecule has 0 heterocycles. The summed E-state index contributed by atoms with van der Waals surface area (Å²) >= 11 is 0. The van der Waals surface area contributed by atoms with Crippen molar-refractivity contribution in [1.82, 2.24) is 5.32 Å². The molecule has 0 spiro atoms. The van der Waals surface area contributed by atoms with Gasteiger partial charge in [-0.25, -0.2) is 0 Å². The van der Waals surface area contributed by atoms with Gasteiger partial charge in [-0.1, -0.05) is 13.3 Å². The van der Waals surface area contributed by atoms with Gasteiger partial charge in [0, 0.05) is 6.54 Å². The van der Waals surface area contributed by atoms with Crippen molar-refractivity contribution in [2.24, 2.45) is 5.41 Å². The molecule has 0 aliphatic heterocycles. The van der Waals surface area contributed by atoms with Crippen molar-refractivity contribution in [3.8, 4) is 0 Å². The Balaban J connectivity index is 3.54. The summed E-state index contributed by atoms with van der Waals surface area (Å²) in [5.41, 5.74) is -0.645. The second-order valence-electron chi connectivity index (χ2n) is 3.72. The van der Waals surface area contributed by atoms with E-state index in [9.17, 15) is 4.79 Å². The number of nitrogens with one attached hydrogen (secondary N) is 1. The van der Waals surface area contributed by atoms with Crippen molar-refractivity contribution in [3.05, 3.63) is 0 Å². The lowest BCUT2D eigenvalue weighted by molar-refractivity contribution is -0.146. The molecule has 0 aliphatic carbocycles. The number of carboxylic acid groups (broad SMARTS) is 1. The average Bonchev–Trinajstić information content (AvgIpc) is 1.98. The topological polar surface area (TPSA) is 49.3 Å². The fourth-order valence-corrected chi connectivity index (χ4v) is 0.778.